The number of nitrogens with zero attached hydrogens (tertiary/aromatic N) is 1. The molecule has 1 aromatic rings. The molecule has 0 atom stereocenters. The van der Waals surface area contributed by atoms with Crippen LogP contribution in [0.25, 0.3) is 0 Å². The van der Waals surface area contributed by atoms with Crippen LogP contribution in [0.5, 0.6) is 5.75 Å². The number of aromatic nitrogens is 1. The van der Waals surface area contributed by atoms with Crippen molar-refractivity contribution in [1.82, 2.24) is 4.98 Å². The molecule has 0 unspecified atom stereocenters. The van der Waals surface area contributed by atoms with E-state index >= 15 is 0 Å². The Kier molecular flexibility index (Phi) is 2.31. The van der Waals surface area contributed by atoms with Gasteiger partial charge in [0.15, 0.2) is 5.75 Å². The van der Waals surface area contributed by atoms with Crippen LogP contribution in [0.4, 0.5) is 5.69 Å². The molecule has 0 amide bonds. The first-order chi connectivity index (χ1) is 5.29. The van der Waals surface area contributed by atoms with Crippen LogP contribution in [0.1, 0.15) is 5.56 Å². The average molecular weight is 152 g/mol. The molecule has 0 fully saturated rings. The molecule has 1 rings (SSSR count). The van der Waals surface area contributed by atoms with Gasteiger partial charge in [0.25, 0.3) is 0 Å². The number of hydrogen-bond donors (Lipinski definition) is 1. The van der Waals surface area contributed by atoms with Crippen molar-refractivity contribution in [2.24, 2.45) is 0 Å². The monoisotopic (exact) mass is 152 g/mol. The number of anilines is 1. The molecule has 0 saturated carbocycles. The lowest BCUT2D eigenvalue weighted by Gasteiger charge is -2.08. The lowest BCUT2D eigenvalue weighted by molar-refractivity contribution is 0.414. The van der Waals surface area contributed by atoms with Crippen molar-refractivity contribution in [1.29, 1.82) is 0 Å². The highest BCUT2D eigenvalue weighted by Crippen LogP contribution is 2.25. The number of pyridine rings is 1. The summed E-state index contributed by atoms with van der Waals surface area (Å²) >= 11 is 0. The molecule has 60 valence electrons. The van der Waals surface area contributed by atoms with E-state index in [2.05, 4.69) is 10.3 Å². The first kappa shape index (κ1) is 7.85. The van der Waals surface area contributed by atoms with E-state index in [0.29, 0.717) is 0 Å². The van der Waals surface area contributed by atoms with E-state index in [1.165, 1.54) is 0 Å². The van der Waals surface area contributed by atoms with Crippen LogP contribution >= 0.6 is 0 Å². The van der Waals surface area contributed by atoms with Gasteiger partial charge in [0.05, 0.1) is 19.0 Å². The molecule has 0 aliphatic heterocycles. The van der Waals surface area contributed by atoms with Gasteiger partial charge >= 0.3 is 0 Å². The highest BCUT2D eigenvalue weighted by Gasteiger charge is 2.02. The Hall–Kier alpha value is -1.25. The number of ether oxygens (including phenoxy) is 1. The third-order valence-corrected chi connectivity index (χ3v) is 1.57. The Morgan fingerprint density at radius 2 is 2.18 bits per heavy atom. The van der Waals surface area contributed by atoms with Crippen LogP contribution in [0.3, 0.4) is 0 Å². The molecule has 1 heterocycles. The van der Waals surface area contributed by atoms with Crippen molar-refractivity contribution in [2.45, 2.75) is 6.92 Å². The minimum absolute atomic E-state index is 0.785. The van der Waals surface area contributed by atoms with Gasteiger partial charge < -0.3 is 10.1 Å². The highest BCUT2D eigenvalue weighted by molar-refractivity contribution is 5.59. The zero-order valence-electron chi connectivity index (χ0n) is 7.01. The maximum atomic E-state index is 5.09. The molecular formula is C8H12N2O. The van der Waals surface area contributed by atoms with Gasteiger partial charge in [-0.2, -0.15) is 0 Å². The second-order valence-electron chi connectivity index (χ2n) is 2.28. The first-order valence-corrected chi connectivity index (χ1v) is 3.46. The van der Waals surface area contributed by atoms with Gasteiger partial charge in [-0.3, -0.25) is 4.98 Å². The summed E-state index contributed by atoms with van der Waals surface area (Å²) in [5, 5.41) is 3.05. The van der Waals surface area contributed by atoms with Crippen molar-refractivity contribution in [3.8, 4) is 5.75 Å². The Morgan fingerprint density at radius 1 is 1.45 bits per heavy atom. The molecular weight excluding hydrogens is 140 g/mol. The topological polar surface area (TPSA) is 34.2 Å². The molecule has 0 bridgehead atoms. The Labute approximate surface area is 66.4 Å². The van der Waals surface area contributed by atoms with Crippen LogP contribution in [-0.2, 0) is 0 Å². The summed E-state index contributed by atoms with van der Waals surface area (Å²) in [7, 11) is 3.50. The second-order valence-corrected chi connectivity index (χ2v) is 2.28. The van der Waals surface area contributed by atoms with E-state index < -0.39 is 0 Å². The Balaban J connectivity index is 3.13. The van der Waals surface area contributed by atoms with Gasteiger partial charge in [-0.25, -0.2) is 0 Å². The summed E-state index contributed by atoms with van der Waals surface area (Å²) < 4.78 is 5.09. The molecule has 11 heavy (non-hydrogen) atoms. The van der Waals surface area contributed by atoms with E-state index in [0.717, 1.165) is 17.0 Å². The van der Waals surface area contributed by atoms with Gasteiger partial charge in [0.2, 0.25) is 0 Å². The summed E-state index contributed by atoms with van der Waals surface area (Å²) in [4.78, 5) is 4.00. The zero-order chi connectivity index (χ0) is 8.27. The summed E-state index contributed by atoms with van der Waals surface area (Å²) in [6, 6.07) is 0. The maximum absolute atomic E-state index is 5.09. The molecule has 0 aliphatic carbocycles. The standard InChI is InChI=1S/C8H12N2O/c1-6-4-10-5-7(11-3)8(6)9-2/h4-5H,1-3H3,(H,9,10). The quantitative estimate of drug-likeness (QED) is 0.696. The SMILES string of the molecule is CNc1c(C)cncc1OC. The number of nitrogens with one attached hydrogen (secondary N) is 1. The van der Waals surface area contributed by atoms with Crippen LogP contribution in [0.15, 0.2) is 12.4 Å². The number of hydrogen-bond acceptors (Lipinski definition) is 3. The molecule has 0 aliphatic rings. The normalized spacial score (nSPS) is 9.36. The molecule has 0 aromatic carbocycles. The van der Waals surface area contributed by atoms with Crippen LogP contribution < -0.4 is 10.1 Å². The van der Waals surface area contributed by atoms with Crippen molar-refractivity contribution >= 4 is 5.69 Å². The fraction of sp³-hybridized carbons (Fsp3) is 0.375. The minimum atomic E-state index is 0.785. The van der Waals surface area contributed by atoms with Crippen molar-refractivity contribution in [3.05, 3.63) is 18.0 Å². The van der Waals surface area contributed by atoms with Gasteiger partial charge in [0, 0.05) is 13.2 Å². The zero-order valence-corrected chi connectivity index (χ0v) is 7.01. The second kappa shape index (κ2) is 3.23. The molecule has 3 heteroatoms. The van der Waals surface area contributed by atoms with E-state index in [-0.39, 0.29) is 0 Å². The van der Waals surface area contributed by atoms with E-state index in [9.17, 15) is 0 Å². The fourth-order valence-electron chi connectivity index (χ4n) is 1.02. The third-order valence-electron chi connectivity index (χ3n) is 1.57. The lowest BCUT2D eigenvalue weighted by atomic mass is 10.2. The van der Waals surface area contributed by atoms with Gasteiger partial charge in [-0.1, -0.05) is 0 Å². The fourth-order valence-corrected chi connectivity index (χ4v) is 1.02. The smallest absolute Gasteiger partial charge is 0.160 e. The van der Waals surface area contributed by atoms with Crippen molar-refractivity contribution < 1.29 is 4.74 Å². The minimum Gasteiger partial charge on any atom is -0.493 e. The Bertz CT molecular complexity index is 248. The van der Waals surface area contributed by atoms with Gasteiger partial charge in [-0.05, 0) is 12.5 Å². The summed E-state index contributed by atoms with van der Waals surface area (Å²) in [5.41, 5.74) is 2.09. The predicted octanol–water partition coefficient (Wildman–Crippen LogP) is 1.44. The van der Waals surface area contributed by atoms with Crippen molar-refractivity contribution in [3.63, 3.8) is 0 Å². The van der Waals surface area contributed by atoms with Crippen LogP contribution in [0.2, 0.25) is 0 Å². The van der Waals surface area contributed by atoms with Gasteiger partial charge in [-0.15, -0.1) is 0 Å². The van der Waals surface area contributed by atoms with Crippen molar-refractivity contribution in [2.75, 3.05) is 19.5 Å². The van der Waals surface area contributed by atoms with E-state index in [4.69, 9.17) is 4.74 Å². The summed E-state index contributed by atoms with van der Waals surface area (Å²) in [6.45, 7) is 1.99. The van der Waals surface area contributed by atoms with Crippen LogP contribution in [-0.4, -0.2) is 19.1 Å². The van der Waals surface area contributed by atoms with Crippen LogP contribution in [0, 0.1) is 6.92 Å². The number of methoxy groups -OCH3 is 1. The molecule has 1 aromatic heterocycles. The molecule has 0 radical (unpaired) electrons. The summed E-state index contributed by atoms with van der Waals surface area (Å²) in [5.74, 6) is 0.785. The Morgan fingerprint density at radius 3 is 2.64 bits per heavy atom. The highest BCUT2D eigenvalue weighted by atomic mass is 16.5. The molecule has 1 N–H and O–H groups in total. The maximum Gasteiger partial charge on any atom is 0.160 e. The molecule has 0 saturated heterocycles. The molecule has 3 nitrogen and oxygen atoms in total. The average Bonchev–Trinajstić information content (AvgIpc) is 2.04. The van der Waals surface area contributed by atoms with Gasteiger partial charge in [0.1, 0.15) is 0 Å². The lowest BCUT2D eigenvalue weighted by Crippen LogP contribution is -1.96. The predicted molar refractivity (Wildman–Crippen MR) is 45.1 cm³/mol. The summed E-state index contributed by atoms with van der Waals surface area (Å²) in [6.07, 6.45) is 3.49. The number of aryl methyl sites for hydroxylation is 1. The third kappa shape index (κ3) is 1.42. The number of rotatable bonds is 2. The van der Waals surface area contributed by atoms with E-state index in [1.807, 2.05) is 14.0 Å². The first-order valence-electron chi connectivity index (χ1n) is 3.46. The van der Waals surface area contributed by atoms with E-state index in [1.54, 1.807) is 19.5 Å². The largest absolute Gasteiger partial charge is 0.493 e. The molecule has 0 spiro atoms.